The van der Waals surface area contributed by atoms with Gasteiger partial charge < -0.3 is 4.74 Å². The minimum Gasteiger partial charge on any atom is -0.385 e. The molecule has 0 amide bonds. The summed E-state index contributed by atoms with van der Waals surface area (Å²) in [4.78, 5) is 10.7. The summed E-state index contributed by atoms with van der Waals surface area (Å²) in [5, 5.41) is 0. The lowest BCUT2D eigenvalue weighted by Crippen LogP contribution is -2.04. The van der Waals surface area contributed by atoms with Crippen molar-refractivity contribution in [3.63, 3.8) is 0 Å². The van der Waals surface area contributed by atoms with Crippen LogP contribution in [-0.2, 0) is 9.53 Å². The van der Waals surface area contributed by atoms with E-state index in [0.717, 1.165) is 11.1 Å². The van der Waals surface area contributed by atoms with Crippen molar-refractivity contribution in [2.24, 2.45) is 0 Å². The smallest absolute Gasteiger partial charge is 0.206 e. The van der Waals surface area contributed by atoms with Gasteiger partial charge in [-0.15, -0.1) is 0 Å². The number of methoxy groups -OCH3 is 1. The van der Waals surface area contributed by atoms with Gasteiger partial charge in [-0.25, -0.2) is 0 Å². The van der Waals surface area contributed by atoms with Gasteiger partial charge in [-0.1, -0.05) is 24.3 Å². The van der Waals surface area contributed by atoms with E-state index in [2.05, 4.69) is 6.92 Å². The fourth-order valence-corrected chi connectivity index (χ4v) is 1.34. The summed E-state index contributed by atoms with van der Waals surface area (Å²) in [5.74, 6) is -0.198. The molecule has 2 heteroatoms. The van der Waals surface area contributed by atoms with Crippen LogP contribution in [0.15, 0.2) is 24.3 Å². The molecule has 0 aliphatic heterocycles. The SMILES string of the molecule is [CH2]c1cccc(C([C]=O)CCOC)c1. The summed E-state index contributed by atoms with van der Waals surface area (Å²) in [6.45, 7) is 4.39. The zero-order chi connectivity index (χ0) is 10.4. The highest BCUT2D eigenvalue weighted by molar-refractivity contribution is 5.63. The molecule has 0 saturated heterocycles. The fourth-order valence-electron chi connectivity index (χ4n) is 1.34. The molecule has 1 atom stereocenters. The summed E-state index contributed by atoms with van der Waals surface area (Å²) >= 11 is 0. The van der Waals surface area contributed by atoms with Crippen molar-refractivity contribution < 1.29 is 9.53 Å². The van der Waals surface area contributed by atoms with Crippen LogP contribution in [0.25, 0.3) is 0 Å². The largest absolute Gasteiger partial charge is 0.385 e. The third-order valence-corrected chi connectivity index (χ3v) is 2.11. The van der Waals surface area contributed by atoms with E-state index >= 15 is 0 Å². The highest BCUT2D eigenvalue weighted by Gasteiger charge is 2.10. The van der Waals surface area contributed by atoms with E-state index in [9.17, 15) is 4.79 Å². The third kappa shape index (κ3) is 2.96. The highest BCUT2D eigenvalue weighted by atomic mass is 16.5. The lowest BCUT2D eigenvalue weighted by molar-refractivity contribution is 0.192. The molecule has 14 heavy (non-hydrogen) atoms. The standard InChI is InChI=1S/C12H14O2/c1-10-4-3-5-11(8-10)12(9-13)6-7-14-2/h3-5,8,12H,1,6-7H2,2H3. The molecule has 0 aliphatic carbocycles. The molecule has 0 aromatic heterocycles. The van der Waals surface area contributed by atoms with E-state index in [1.54, 1.807) is 7.11 Å². The summed E-state index contributed by atoms with van der Waals surface area (Å²) in [6.07, 6.45) is 2.69. The molecule has 0 spiro atoms. The Morgan fingerprint density at radius 2 is 2.36 bits per heavy atom. The van der Waals surface area contributed by atoms with Gasteiger partial charge in [0.05, 0.1) is 5.92 Å². The van der Waals surface area contributed by atoms with Gasteiger partial charge in [0.2, 0.25) is 6.29 Å². The molecule has 1 rings (SSSR count). The van der Waals surface area contributed by atoms with Gasteiger partial charge in [-0.2, -0.15) is 0 Å². The number of ether oxygens (including phenoxy) is 1. The summed E-state index contributed by atoms with van der Waals surface area (Å²) in [7, 11) is 1.62. The van der Waals surface area contributed by atoms with Gasteiger partial charge in [-0.3, -0.25) is 4.79 Å². The second kappa shape index (κ2) is 5.55. The van der Waals surface area contributed by atoms with Crippen molar-refractivity contribution in [1.82, 2.24) is 0 Å². The maximum atomic E-state index is 10.7. The highest BCUT2D eigenvalue weighted by Crippen LogP contribution is 2.18. The van der Waals surface area contributed by atoms with Crippen molar-refractivity contribution in [1.29, 1.82) is 0 Å². The van der Waals surface area contributed by atoms with Gasteiger partial charge in [0.1, 0.15) is 0 Å². The first kappa shape index (κ1) is 10.9. The van der Waals surface area contributed by atoms with Crippen LogP contribution in [0.1, 0.15) is 23.5 Å². The summed E-state index contributed by atoms with van der Waals surface area (Å²) in [5.41, 5.74) is 1.88. The molecule has 0 bridgehead atoms. The summed E-state index contributed by atoms with van der Waals surface area (Å²) in [6, 6.07) is 7.63. The van der Waals surface area contributed by atoms with E-state index in [-0.39, 0.29) is 5.92 Å². The first-order valence-corrected chi connectivity index (χ1v) is 4.56. The first-order valence-electron chi connectivity index (χ1n) is 4.56. The van der Waals surface area contributed by atoms with Crippen LogP contribution in [0.5, 0.6) is 0 Å². The van der Waals surface area contributed by atoms with E-state index in [0.29, 0.717) is 13.0 Å². The van der Waals surface area contributed by atoms with Crippen LogP contribution in [0, 0.1) is 6.92 Å². The molecule has 2 nitrogen and oxygen atoms in total. The van der Waals surface area contributed by atoms with E-state index < -0.39 is 0 Å². The van der Waals surface area contributed by atoms with Gasteiger partial charge >= 0.3 is 0 Å². The number of benzene rings is 1. The topological polar surface area (TPSA) is 26.3 Å². The Bertz CT molecular complexity index is 294. The molecule has 0 N–H and O–H groups in total. The number of carbonyl (C=O) groups excluding carboxylic acids is 1. The van der Waals surface area contributed by atoms with Gasteiger partial charge in [-0.05, 0) is 24.5 Å². The zero-order valence-electron chi connectivity index (χ0n) is 8.32. The fraction of sp³-hybridized carbons (Fsp3) is 0.333. The third-order valence-electron chi connectivity index (χ3n) is 2.11. The Morgan fingerprint density at radius 1 is 1.57 bits per heavy atom. The summed E-state index contributed by atoms with van der Waals surface area (Å²) < 4.78 is 4.93. The Kier molecular flexibility index (Phi) is 4.33. The maximum Gasteiger partial charge on any atom is 0.206 e. The van der Waals surface area contributed by atoms with Crippen molar-refractivity contribution in [2.75, 3.05) is 13.7 Å². The molecular formula is C12H14O2. The van der Waals surface area contributed by atoms with Crippen molar-refractivity contribution in [3.05, 3.63) is 42.3 Å². The van der Waals surface area contributed by atoms with Crippen LogP contribution >= 0.6 is 0 Å². The Labute approximate surface area is 84.9 Å². The lowest BCUT2D eigenvalue weighted by Gasteiger charge is -2.09. The second-order valence-corrected chi connectivity index (χ2v) is 3.20. The molecule has 74 valence electrons. The molecule has 0 heterocycles. The van der Waals surface area contributed by atoms with E-state index in [1.807, 2.05) is 30.6 Å². The van der Waals surface area contributed by atoms with E-state index in [1.165, 1.54) is 0 Å². The van der Waals surface area contributed by atoms with Crippen LogP contribution in [0.4, 0.5) is 0 Å². The predicted octanol–water partition coefficient (Wildman–Crippen LogP) is 2.10. The van der Waals surface area contributed by atoms with Crippen LogP contribution in [0.3, 0.4) is 0 Å². The monoisotopic (exact) mass is 190 g/mol. The Morgan fingerprint density at radius 3 is 2.93 bits per heavy atom. The van der Waals surface area contributed by atoms with Crippen molar-refractivity contribution in [2.45, 2.75) is 12.3 Å². The minimum atomic E-state index is -0.198. The molecule has 1 aromatic carbocycles. The molecule has 2 radical (unpaired) electrons. The Balaban J connectivity index is 2.73. The van der Waals surface area contributed by atoms with Crippen molar-refractivity contribution in [3.8, 4) is 0 Å². The maximum absolute atomic E-state index is 10.7. The van der Waals surface area contributed by atoms with Crippen molar-refractivity contribution >= 4 is 6.29 Å². The Hall–Kier alpha value is -1.15. The number of hydrogen-bond acceptors (Lipinski definition) is 2. The molecule has 0 aliphatic rings. The molecular weight excluding hydrogens is 176 g/mol. The van der Waals surface area contributed by atoms with Crippen LogP contribution in [-0.4, -0.2) is 20.0 Å². The molecule has 1 aromatic rings. The molecule has 1 unspecified atom stereocenters. The van der Waals surface area contributed by atoms with E-state index in [4.69, 9.17) is 4.74 Å². The van der Waals surface area contributed by atoms with Gasteiger partial charge in [0.25, 0.3) is 0 Å². The second-order valence-electron chi connectivity index (χ2n) is 3.20. The predicted molar refractivity (Wildman–Crippen MR) is 55.8 cm³/mol. The van der Waals surface area contributed by atoms with Gasteiger partial charge in [0.15, 0.2) is 0 Å². The first-order chi connectivity index (χ1) is 6.77. The molecule has 0 saturated carbocycles. The number of hydrogen-bond donors (Lipinski definition) is 0. The lowest BCUT2D eigenvalue weighted by atomic mass is 9.96. The van der Waals surface area contributed by atoms with Gasteiger partial charge in [0, 0.05) is 13.7 Å². The number of rotatable bonds is 5. The van der Waals surface area contributed by atoms with Crippen LogP contribution < -0.4 is 0 Å². The average Bonchev–Trinajstić information content (AvgIpc) is 2.19. The van der Waals surface area contributed by atoms with Crippen LogP contribution in [0.2, 0.25) is 0 Å². The zero-order valence-corrected chi connectivity index (χ0v) is 8.32. The quantitative estimate of drug-likeness (QED) is 0.710. The molecule has 0 fully saturated rings. The normalized spacial score (nSPS) is 12.4. The minimum absolute atomic E-state index is 0.198. The average molecular weight is 190 g/mol.